The summed E-state index contributed by atoms with van der Waals surface area (Å²) < 4.78 is 51.0. The van der Waals surface area contributed by atoms with Gasteiger partial charge in [-0.05, 0) is 56.1 Å². The molecule has 0 bridgehead atoms. The Hall–Kier alpha value is -1.87. The number of sulfonamides is 1. The first-order valence-electron chi connectivity index (χ1n) is 7.68. The summed E-state index contributed by atoms with van der Waals surface area (Å²) in [5.41, 5.74) is 0.899. The van der Waals surface area contributed by atoms with Gasteiger partial charge in [-0.2, -0.15) is 0 Å². The van der Waals surface area contributed by atoms with Gasteiger partial charge in [-0.3, -0.25) is 0 Å². The molecule has 1 atom stereocenters. The van der Waals surface area contributed by atoms with Gasteiger partial charge in [0.25, 0.3) is 0 Å². The van der Waals surface area contributed by atoms with Crippen LogP contribution in [0.25, 0.3) is 0 Å². The normalized spacial score (nSPS) is 14.2. The van der Waals surface area contributed by atoms with Crippen LogP contribution in [0.3, 0.4) is 0 Å². The first-order valence-corrected chi connectivity index (χ1v) is 9.16. The molecule has 1 N–H and O–H groups in total. The molecule has 0 saturated carbocycles. The maximum Gasteiger partial charge on any atom is 0.240 e. The number of nitrogens with zero attached hydrogens (tertiary/aromatic N) is 1. The molecule has 0 aromatic heterocycles. The second kappa shape index (κ2) is 8.22. The van der Waals surface area contributed by atoms with Gasteiger partial charge >= 0.3 is 0 Å². The van der Waals surface area contributed by atoms with Gasteiger partial charge in [0, 0.05) is 12.6 Å². The van der Waals surface area contributed by atoms with Crippen molar-refractivity contribution in [2.24, 2.45) is 0 Å². The van der Waals surface area contributed by atoms with Crippen molar-refractivity contribution in [2.75, 3.05) is 27.4 Å². The summed E-state index contributed by atoms with van der Waals surface area (Å²) in [6.45, 7) is 0.342. The molecule has 0 spiro atoms. The molecule has 142 valence electrons. The molecule has 0 aliphatic carbocycles. The first kappa shape index (κ1) is 20.4. The molecule has 3 rings (SSSR count). The van der Waals surface area contributed by atoms with Crippen molar-refractivity contribution in [1.82, 2.24) is 9.62 Å². The van der Waals surface area contributed by atoms with Crippen LogP contribution in [0.15, 0.2) is 47.4 Å². The third-order valence-corrected chi connectivity index (χ3v) is 5.43. The monoisotopic (exact) mass is 402 g/mol. The number of rotatable bonds is 6. The quantitative estimate of drug-likeness (QED) is 0.804. The van der Waals surface area contributed by atoms with Crippen LogP contribution in [-0.2, 0) is 10.0 Å². The summed E-state index contributed by atoms with van der Waals surface area (Å²) in [7, 11) is 0.000682. The van der Waals surface area contributed by atoms with Crippen molar-refractivity contribution >= 4 is 22.4 Å². The zero-order chi connectivity index (χ0) is 18.0. The fourth-order valence-electron chi connectivity index (χ4n) is 2.60. The molecule has 0 amide bonds. The highest BCUT2D eigenvalue weighted by molar-refractivity contribution is 7.89. The summed E-state index contributed by atoms with van der Waals surface area (Å²) >= 11 is 0. The van der Waals surface area contributed by atoms with Gasteiger partial charge in [0.15, 0.2) is 11.5 Å². The predicted molar refractivity (Wildman–Crippen MR) is 97.8 cm³/mol. The first-order chi connectivity index (χ1) is 11.9. The van der Waals surface area contributed by atoms with E-state index in [1.165, 1.54) is 12.1 Å². The highest BCUT2D eigenvalue weighted by Gasteiger charge is 2.22. The Bertz CT molecular complexity index is 860. The lowest BCUT2D eigenvalue weighted by Crippen LogP contribution is -2.34. The third kappa shape index (κ3) is 4.45. The van der Waals surface area contributed by atoms with Crippen molar-refractivity contribution in [3.05, 3.63) is 53.8 Å². The minimum Gasteiger partial charge on any atom is -0.454 e. The van der Waals surface area contributed by atoms with E-state index in [1.54, 1.807) is 0 Å². The van der Waals surface area contributed by atoms with Gasteiger partial charge in [0.1, 0.15) is 5.82 Å². The van der Waals surface area contributed by atoms with E-state index < -0.39 is 15.8 Å². The average Bonchev–Trinajstić information content (AvgIpc) is 3.02. The van der Waals surface area contributed by atoms with E-state index >= 15 is 0 Å². The predicted octanol–water partition coefficient (Wildman–Crippen LogP) is 2.56. The van der Waals surface area contributed by atoms with Crippen LogP contribution in [0.2, 0.25) is 0 Å². The smallest absolute Gasteiger partial charge is 0.240 e. The zero-order valence-electron chi connectivity index (χ0n) is 14.3. The molecule has 1 heterocycles. The SMILES string of the molecule is CN(C)C(CNS(=O)(=O)c1ccc(F)cc1)c1ccc2c(c1)OCO2.Cl. The fourth-order valence-corrected chi connectivity index (χ4v) is 3.64. The lowest BCUT2D eigenvalue weighted by molar-refractivity contribution is 0.174. The number of halogens is 2. The van der Waals surface area contributed by atoms with E-state index in [-0.39, 0.29) is 36.7 Å². The third-order valence-electron chi connectivity index (χ3n) is 4.00. The van der Waals surface area contributed by atoms with Crippen LogP contribution in [-0.4, -0.2) is 40.8 Å². The molecule has 0 radical (unpaired) electrons. The second-order valence-electron chi connectivity index (χ2n) is 5.90. The van der Waals surface area contributed by atoms with Crippen LogP contribution in [0.1, 0.15) is 11.6 Å². The van der Waals surface area contributed by atoms with Gasteiger partial charge in [-0.15, -0.1) is 12.4 Å². The van der Waals surface area contributed by atoms with Gasteiger partial charge in [0.05, 0.1) is 4.90 Å². The van der Waals surface area contributed by atoms with Crippen molar-refractivity contribution in [1.29, 1.82) is 0 Å². The number of benzene rings is 2. The number of nitrogens with one attached hydrogen (secondary N) is 1. The summed E-state index contributed by atoms with van der Waals surface area (Å²) in [5.74, 6) is 0.837. The summed E-state index contributed by atoms with van der Waals surface area (Å²) in [6.07, 6.45) is 0. The van der Waals surface area contributed by atoms with E-state index in [2.05, 4.69) is 4.72 Å². The van der Waals surface area contributed by atoms with Crippen molar-refractivity contribution in [2.45, 2.75) is 10.9 Å². The van der Waals surface area contributed by atoms with Crippen LogP contribution in [0.5, 0.6) is 11.5 Å². The van der Waals surface area contributed by atoms with Gasteiger partial charge < -0.3 is 14.4 Å². The van der Waals surface area contributed by atoms with Gasteiger partial charge in [-0.25, -0.2) is 17.5 Å². The van der Waals surface area contributed by atoms with Crippen LogP contribution in [0, 0.1) is 5.82 Å². The lowest BCUT2D eigenvalue weighted by atomic mass is 10.1. The molecule has 9 heteroatoms. The second-order valence-corrected chi connectivity index (χ2v) is 7.66. The number of hydrogen-bond donors (Lipinski definition) is 1. The maximum atomic E-state index is 13.0. The Kier molecular flexibility index (Phi) is 6.46. The fraction of sp³-hybridized carbons (Fsp3) is 0.294. The number of ether oxygens (including phenoxy) is 2. The molecule has 1 aliphatic rings. The summed E-state index contributed by atoms with van der Waals surface area (Å²) in [6, 6.07) is 10.0. The van der Waals surface area contributed by atoms with Crippen LogP contribution in [0.4, 0.5) is 4.39 Å². The Morgan fingerprint density at radius 1 is 1.12 bits per heavy atom. The number of hydrogen-bond acceptors (Lipinski definition) is 5. The maximum absolute atomic E-state index is 13.0. The van der Waals surface area contributed by atoms with Crippen molar-refractivity contribution in [3.8, 4) is 11.5 Å². The number of fused-ring (bicyclic) bond motifs is 1. The van der Waals surface area contributed by atoms with E-state index in [1.807, 2.05) is 37.2 Å². The number of likely N-dealkylation sites (N-methyl/N-ethyl adjacent to an activating group) is 1. The van der Waals surface area contributed by atoms with Crippen LogP contribution >= 0.6 is 12.4 Å². The molecule has 0 saturated heterocycles. The molecule has 2 aromatic carbocycles. The van der Waals surface area contributed by atoms with Gasteiger partial charge in [-0.1, -0.05) is 6.07 Å². The Morgan fingerprint density at radius 2 is 1.77 bits per heavy atom. The summed E-state index contributed by atoms with van der Waals surface area (Å²) in [4.78, 5) is 1.93. The lowest BCUT2D eigenvalue weighted by Gasteiger charge is -2.25. The van der Waals surface area contributed by atoms with Crippen molar-refractivity contribution in [3.63, 3.8) is 0 Å². The average molecular weight is 403 g/mol. The zero-order valence-corrected chi connectivity index (χ0v) is 15.9. The standard InChI is InChI=1S/C17H19FN2O4S.ClH/c1-20(2)15(12-3-8-16-17(9-12)24-11-23-16)10-19-25(21,22)14-6-4-13(18)5-7-14;/h3-9,15,19H,10-11H2,1-2H3;1H. The highest BCUT2D eigenvalue weighted by atomic mass is 35.5. The largest absolute Gasteiger partial charge is 0.454 e. The molecule has 6 nitrogen and oxygen atoms in total. The topological polar surface area (TPSA) is 67.9 Å². The minimum absolute atomic E-state index is 0. The Morgan fingerprint density at radius 3 is 2.42 bits per heavy atom. The molecule has 26 heavy (non-hydrogen) atoms. The van der Waals surface area contributed by atoms with E-state index in [0.717, 1.165) is 17.7 Å². The Labute approximate surface area is 158 Å². The van der Waals surface area contributed by atoms with Gasteiger partial charge in [0.2, 0.25) is 16.8 Å². The highest BCUT2D eigenvalue weighted by Crippen LogP contribution is 2.35. The van der Waals surface area contributed by atoms with E-state index in [4.69, 9.17) is 9.47 Å². The van der Waals surface area contributed by atoms with E-state index in [9.17, 15) is 12.8 Å². The molecular weight excluding hydrogens is 383 g/mol. The Balaban J connectivity index is 0.00000243. The van der Waals surface area contributed by atoms with Crippen LogP contribution < -0.4 is 14.2 Å². The summed E-state index contributed by atoms with van der Waals surface area (Å²) in [5, 5.41) is 0. The molecule has 1 unspecified atom stereocenters. The minimum atomic E-state index is -3.72. The molecule has 1 aliphatic heterocycles. The van der Waals surface area contributed by atoms with Crippen molar-refractivity contribution < 1.29 is 22.3 Å². The molecular formula is C17H20ClFN2O4S. The molecule has 0 fully saturated rings. The van der Waals surface area contributed by atoms with E-state index in [0.29, 0.717) is 11.5 Å². The molecule has 2 aromatic rings.